The number of benzene rings is 1. The van der Waals surface area contributed by atoms with Crippen LogP contribution in [0.2, 0.25) is 5.02 Å². The maximum Gasteiger partial charge on any atom is 0.0830 e. The fourth-order valence-corrected chi connectivity index (χ4v) is 2.77. The first-order valence-electron chi connectivity index (χ1n) is 4.87. The second kappa shape index (κ2) is 5.17. The molecule has 1 fully saturated rings. The van der Waals surface area contributed by atoms with E-state index >= 15 is 0 Å². The molecule has 1 aromatic carbocycles. The van der Waals surface area contributed by atoms with Gasteiger partial charge in [0.25, 0.3) is 0 Å². The summed E-state index contributed by atoms with van der Waals surface area (Å²) in [7, 11) is 0. The molecule has 0 N–H and O–H groups in total. The summed E-state index contributed by atoms with van der Waals surface area (Å²) in [5.41, 5.74) is 1.20. The minimum absolute atomic E-state index is 0.223. The molecule has 0 spiro atoms. The van der Waals surface area contributed by atoms with Gasteiger partial charge in [-0.3, -0.25) is 0 Å². The second-order valence-corrected chi connectivity index (χ2v) is 5.56. The Morgan fingerprint density at radius 2 is 2.20 bits per heavy atom. The van der Waals surface area contributed by atoms with Crippen molar-refractivity contribution in [3.8, 4) is 0 Å². The predicted molar refractivity (Wildman–Crippen MR) is 69.8 cm³/mol. The Morgan fingerprint density at radius 3 is 2.80 bits per heavy atom. The van der Waals surface area contributed by atoms with Gasteiger partial charge in [0.1, 0.15) is 0 Å². The molecule has 0 saturated carbocycles. The highest BCUT2D eigenvalue weighted by Gasteiger charge is 2.25. The van der Waals surface area contributed by atoms with Crippen molar-refractivity contribution < 1.29 is 4.74 Å². The molecule has 1 heterocycles. The Balaban J connectivity index is 2.13. The van der Waals surface area contributed by atoms with Gasteiger partial charge in [0.15, 0.2) is 0 Å². The first-order valence-corrected chi connectivity index (χ1v) is 7.16. The van der Waals surface area contributed by atoms with Gasteiger partial charge in [-0.05, 0) is 46.5 Å². The maximum atomic E-state index is 5.95. The summed E-state index contributed by atoms with van der Waals surface area (Å²) >= 11 is 12.8. The molecule has 1 aliphatic rings. The summed E-state index contributed by atoms with van der Waals surface area (Å²) in [6.07, 6.45) is 2.78. The third-order valence-electron chi connectivity index (χ3n) is 2.60. The van der Waals surface area contributed by atoms with Crippen molar-refractivity contribution in [2.24, 2.45) is 0 Å². The van der Waals surface area contributed by atoms with E-state index in [-0.39, 0.29) is 6.10 Å². The molecular weight excluding hydrogens is 343 g/mol. The zero-order chi connectivity index (χ0) is 10.8. The maximum absolute atomic E-state index is 5.95. The molecule has 1 aliphatic heterocycles. The van der Waals surface area contributed by atoms with Crippen LogP contribution in [0.25, 0.3) is 0 Å². The van der Waals surface area contributed by atoms with E-state index in [1.54, 1.807) is 0 Å². The van der Waals surface area contributed by atoms with Crippen LogP contribution in [0.5, 0.6) is 0 Å². The van der Waals surface area contributed by atoms with Gasteiger partial charge in [0.05, 0.1) is 17.2 Å². The quantitative estimate of drug-likeness (QED) is 0.699. The van der Waals surface area contributed by atoms with Crippen molar-refractivity contribution >= 4 is 43.5 Å². The first kappa shape index (κ1) is 11.9. The molecule has 4 heteroatoms. The van der Waals surface area contributed by atoms with Gasteiger partial charge in [-0.15, -0.1) is 0 Å². The lowest BCUT2D eigenvalue weighted by Crippen LogP contribution is -2.07. The number of ether oxygens (including phenoxy) is 1. The molecular formula is C11H11Br2ClO. The summed E-state index contributed by atoms with van der Waals surface area (Å²) in [6.45, 7) is 0. The molecule has 1 aromatic rings. The van der Waals surface area contributed by atoms with E-state index in [2.05, 4.69) is 31.9 Å². The Bertz CT molecular complexity index is 356. The monoisotopic (exact) mass is 352 g/mol. The lowest BCUT2D eigenvalue weighted by Gasteiger charge is -2.13. The highest BCUT2D eigenvalue weighted by molar-refractivity contribution is 9.10. The van der Waals surface area contributed by atoms with Crippen molar-refractivity contribution in [2.75, 3.05) is 5.33 Å². The average molecular weight is 354 g/mol. The summed E-state index contributed by atoms with van der Waals surface area (Å²) in [4.78, 5) is 0. The van der Waals surface area contributed by atoms with Crippen LogP contribution >= 0.6 is 43.5 Å². The van der Waals surface area contributed by atoms with E-state index in [0.29, 0.717) is 6.10 Å². The number of halogens is 3. The van der Waals surface area contributed by atoms with E-state index in [9.17, 15) is 0 Å². The van der Waals surface area contributed by atoms with E-state index in [0.717, 1.165) is 27.7 Å². The smallest absolute Gasteiger partial charge is 0.0830 e. The summed E-state index contributed by atoms with van der Waals surface area (Å²) < 4.78 is 6.82. The van der Waals surface area contributed by atoms with Gasteiger partial charge < -0.3 is 4.74 Å². The standard InChI is InChI=1S/C11H11Br2ClO/c12-6-8-2-4-11(15-8)7-1-3-10(14)9(13)5-7/h1,3,5,8,11H,2,4,6H2. The van der Waals surface area contributed by atoms with Gasteiger partial charge in [0.2, 0.25) is 0 Å². The number of hydrogen-bond acceptors (Lipinski definition) is 1. The Hall–Kier alpha value is 0.430. The van der Waals surface area contributed by atoms with Crippen LogP contribution in [0, 0.1) is 0 Å². The van der Waals surface area contributed by atoms with Gasteiger partial charge in [0, 0.05) is 9.80 Å². The molecule has 2 unspecified atom stereocenters. The van der Waals surface area contributed by atoms with Crippen LogP contribution in [0.4, 0.5) is 0 Å². The molecule has 0 aliphatic carbocycles. The average Bonchev–Trinajstić information content (AvgIpc) is 2.70. The van der Waals surface area contributed by atoms with E-state index in [1.807, 2.05) is 18.2 Å². The van der Waals surface area contributed by atoms with Crippen LogP contribution in [0.1, 0.15) is 24.5 Å². The highest BCUT2D eigenvalue weighted by atomic mass is 79.9. The second-order valence-electron chi connectivity index (χ2n) is 3.65. The van der Waals surface area contributed by atoms with Gasteiger partial charge in [-0.1, -0.05) is 33.6 Å². The third-order valence-corrected chi connectivity index (χ3v) is 4.53. The lowest BCUT2D eigenvalue weighted by atomic mass is 10.1. The number of rotatable bonds is 2. The molecule has 0 radical (unpaired) electrons. The van der Waals surface area contributed by atoms with Gasteiger partial charge >= 0.3 is 0 Å². The summed E-state index contributed by atoms with van der Waals surface area (Å²) in [5, 5.41) is 1.66. The Kier molecular flexibility index (Phi) is 4.10. The molecule has 1 saturated heterocycles. The van der Waals surface area contributed by atoms with Crippen molar-refractivity contribution in [3.05, 3.63) is 33.3 Å². The van der Waals surface area contributed by atoms with Crippen LogP contribution < -0.4 is 0 Å². The van der Waals surface area contributed by atoms with E-state index < -0.39 is 0 Å². The molecule has 0 amide bonds. The zero-order valence-corrected chi connectivity index (χ0v) is 12.0. The van der Waals surface area contributed by atoms with Crippen LogP contribution in [-0.4, -0.2) is 11.4 Å². The molecule has 0 aromatic heterocycles. The SMILES string of the molecule is Clc1ccc(C2CCC(CBr)O2)cc1Br. The van der Waals surface area contributed by atoms with Crippen molar-refractivity contribution in [1.29, 1.82) is 0 Å². The van der Waals surface area contributed by atoms with Crippen LogP contribution in [-0.2, 0) is 4.74 Å². The number of hydrogen-bond donors (Lipinski definition) is 0. The summed E-state index contributed by atoms with van der Waals surface area (Å²) in [6, 6.07) is 5.99. The molecule has 1 nitrogen and oxygen atoms in total. The highest BCUT2D eigenvalue weighted by Crippen LogP contribution is 2.35. The minimum Gasteiger partial charge on any atom is -0.369 e. The fourth-order valence-electron chi connectivity index (χ4n) is 1.78. The first-order chi connectivity index (χ1) is 7.20. The van der Waals surface area contributed by atoms with E-state index in [4.69, 9.17) is 16.3 Å². The Morgan fingerprint density at radius 1 is 1.40 bits per heavy atom. The third kappa shape index (κ3) is 2.76. The normalized spacial score (nSPS) is 25.8. The lowest BCUT2D eigenvalue weighted by molar-refractivity contribution is 0.0588. The van der Waals surface area contributed by atoms with Gasteiger partial charge in [-0.2, -0.15) is 0 Å². The summed E-state index contributed by atoms with van der Waals surface area (Å²) in [5.74, 6) is 0. The molecule has 82 valence electrons. The van der Waals surface area contributed by atoms with Crippen molar-refractivity contribution in [3.63, 3.8) is 0 Å². The van der Waals surface area contributed by atoms with Gasteiger partial charge in [-0.25, -0.2) is 0 Å². The van der Waals surface area contributed by atoms with Crippen LogP contribution in [0.15, 0.2) is 22.7 Å². The molecule has 0 bridgehead atoms. The minimum atomic E-state index is 0.223. The molecule has 15 heavy (non-hydrogen) atoms. The predicted octanol–water partition coefficient (Wildman–Crippen LogP) is 4.72. The molecule has 2 rings (SSSR count). The van der Waals surface area contributed by atoms with Crippen molar-refractivity contribution in [1.82, 2.24) is 0 Å². The topological polar surface area (TPSA) is 9.23 Å². The van der Waals surface area contributed by atoms with Crippen molar-refractivity contribution in [2.45, 2.75) is 25.0 Å². The number of alkyl halides is 1. The van der Waals surface area contributed by atoms with Crippen LogP contribution in [0.3, 0.4) is 0 Å². The van der Waals surface area contributed by atoms with E-state index in [1.165, 1.54) is 5.56 Å². The molecule has 2 atom stereocenters. The fraction of sp³-hybridized carbons (Fsp3) is 0.455. The Labute approximate surface area is 111 Å². The zero-order valence-electron chi connectivity index (χ0n) is 8.05. The largest absolute Gasteiger partial charge is 0.369 e.